The molecule has 0 aromatic heterocycles. The van der Waals surface area contributed by atoms with E-state index in [0.717, 1.165) is 32.7 Å². The van der Waals surface area contributed by atoms with Crippen molar-refractivity contribution in [3.63, 3.8) is 0 Å². The highest BCUT2D eigenvalue weighted by Gasteiger charge is 2.42. The minimum Gasteiger partial charge on any atom is -0.381 e. The van der Waals surface area contributed by atoms with E-state index in [9.17, 15) is 0 Å². The predicted octanol–water partition coefficient (Wildman–Crippen LogP) is 2.21. The lowest BCUT2D eigenvalue weighted by Crippen LogP contribution is -2.57. The zero-order valence-electron chi connectivity index (χ0n) is 11.2. The number of nitrogens with one attached hydrogen (secondary N) is 1. The number of hydrogen-bond acceptors (Lipinski definition) is 3. The van der Waals surface area contributed by atoms with Crippen LogP contribution in [0.2, 0.25) is 0 Å². The van der Waals surface area contributed by atoms with Crippen molar-refractivity contribution in [1.29, 1.82) is 0 Å². The fraction of sp³-hybridized carbons (Fsp3) is 1.00. The van der Waals surface area contributed by atoms with Crippen molar-refractivity contribution in [2.24, 2.45) is 5.92 Å². The van der Waals surface area contributed by atoms with Gasteiger partial charge in [-0.05, 0) is 19.9 Å². The maximum absolute atomic E-state index is 6.10. The number of likely N-dealkylation sites (N-methyl/N-ethyl adjacent to an activating group) is 1. The van der Waals surface area contributed by atoms with Crippen LogP contribution in [-0.4, -0.2) is 38.5 Å². The summed E-state index contributed by atoms with van der Waals surface area (Å²) in [5, 5.41) is 3.47. The highest BCUT2D eigenvalue weighted by atomic mass is 16.5. The van der Waals surface area contributed by atoms with Crippen LogP contribution in [0.5, 0.6) is 0 Å². The first-order valence-electron chi connectivity index (χ1n) is 6.59. The van der Waals surface area contributed by atoms with Crippen molar-refractivity contribution in [3.05, 3.63) is 0 Å². The van der Waals surface area contributed by atoms with Gasteiger partial charge in [-0.1, -0.05) is 20.3 Å². The second kappa shape index (κ2) is 6.58. The van der Waals surface area contributed by atoms with Crippen molar-refractivity contribution in [3.8, 4) is 0 Å². The van der Waals surface area contributed by atoms with E-state index in [2.05, 4.69) is 26.1 Å². The van der Waals surface area contributed by atoms with E-state index in [-0.39, 0.29) is 5.60 Å². The van der Waals surface area contributed by atoms with E-state index in [1.807, 2.05) is 7.05 Å². The molecule has 2 unspecified atom stereocenters. The molecule has 0 aliphatic carbocycles. The lowest BCUT2D eigenvalue weighted by Gasteiger charge is -2.45. The number of rotatable bonds is 6. The van der Waals surface area contributed by atoms with Gasteiger partial charge in [0.2, 0.25) is 0 Å². The smallest absolute Gasteiger partial charge is 0.0880 e. The van der Waals surface area contributed by atoms with Crippen LogP contribution >= 0.6 is 0 Å². The van der Waals surface area contributed by atoms with Gasteiger partial charge in [0.15, 0.2) is 0 Å². The maximum Gasteiger partial charge on any atom is 0.0880 e. The zero-order valence-corrected chi connectivity index (χ0v) is 11.2. The SMILES string of the molecule is CCOC1(C(NC)C(C)CC)CCOCC1. The number of ether oxygens (including phenoxy) is 2. The van der Waals surface area contributed by atoms with E-state index in [1.165, 1.54) is 6.42 Å². The van der Waals surface area contributed by atoms with Crippen LogP contribution in [0.4, 0.5) is 0 Å². The first-order valence-corrected chi connectivity index (χ1v) is 6.59. The maximum atomic E-state index is 6.10. The molecular weight excluding hydrogens is 202 g/mol. The zero-order chi connectivity index (χ0) is 12.0. The van der Waals surface area contributed by atoms with Crippen LogP contribution in [0.25, 0.3) is 0 Å². The summed E-state index contributed by atoms with van der Waals surface area (Å²) in [6.45, 7) is 9.07. The third-order valence-corrected chi connectivity index (χ3v) is 3.86. The predicted molar refractivity (Wildman–Crippen MR) is 66.7 cm³/mol. The van der Waals surface area contributed by atoms with Crippen molar-refractivity contribution in [2.45, 2.75) is 51.7 Å². The average molecular weight is 229 g/mol. The first kappa shape index (κ1) is 13.9. The molecule has 1 rings (SSSR count). The summed E-state index contributed by atoms with van der Waals surface area (Å²) < 4.78 is 11.6. The Kier molecular flexibility index (Phi) is 5.73. The normalized spacial score (nSPS) is 24.0. The molecule has 0 spiro atoms. The summed E-state index contributed by atoms with van der Waals surface area (Å²) in [6.07, 6.45) is 3.20. The van der Waals surface area contributed by atoms with Gasteiger partial charge in [0.05, 0.1) is 5.60 Å². The summed E-state index contributed by atoms with van der Waals surface area (Å²) in [5.74, 6) is 0.634. The van der Waals surface area contributed by atoms with Gasteiger partial charge in [-0.2, -0.15) is 0 Å². The fourth-order valence-corrected chi connectivity index (χ4v) is 2.85. The van der Waals surface area contributed by atoms with Gasteiger partial charge < -0.3 is 14.8 Å². The van der Waals surface area contributed by atoms with Gasteiger partial charge in [0.1, 0.15) is 0 Å². The molecule has 1 N–H and O–H groups in total. The minimum atomic E-state index is -0.0167. The van der Waals surface area contributed by atoms with Crippen molar-refractivity contribution >= 4 is 0 Å². The summed E-state index contributed by atoms with van der Waals surface area (Å²) >= 11 is 0. The molecule has 96 valence electrons. The van der Waals surface area contributed by atoms with Gasteiger partial charge in [-0.25, -0.2) is 0 Å². The van der Waals surface area contributed by atoms with E-state index in [1.54, 1.807) is 0 Å². The molecule has 1 saturated heterocycles. The average Bonchev–Trinajstić information content (AvgIpc) is 2.31. The molecule has 1 heterocycles. The third kappa shape index (κ3) is 2.96. The molecule has 1 aliphatic heterocycles. The monoisotopic (exact) mass is 229 g/mol. The topological polar surface area (TPSA) is 30.5 Å². The van der Waals surface area contributed by atoms with Crippen LogP contribution in [-0.2, 0) is 9.47 Å². The van der Waals surface area contributed by atoms with E-state index < -0.39 is 0 Å². The van der Waals surface area contributed by atoms with E-state index in [4.69, 9.17) is 9.47 Å². The summed E-state index contributed by atoms with van der Waals surface area (Å²) in [4.78, 5) is 0. The van der Waals surface area contributed by atoms with Gasteiger partial charge in [0.25, 0.3) is 0 Å². The van der Waals surface area contributed by atoms with Crippen LogP contribution in [0, 0.1) is 5.92 Å². The molecule has 1 fully saturated rings. The Balaban J connectivity index is 2.79. The summed E-state index contributed by atoms with van der Waals surface area (Å²) in [5.41, 5.74) is -0.0167. The largest absolute Gasteiger partial charge is 0.381 e. The van der Waals surface area contributed by atoms with Gasteiger partial charge in [-0.15, -0.1) is 0 Å². The Hall–Kier alpha value is -0.120. The van der Waals surface area contributed by atoms with Crippen molar-refractivity contribution in [1.82, 2.24) is 5.32 Å². The van der Waals surface area contributed by atoms with Gasteiger partial charge in [0, 0.05) is 38.7 Å². The summed E-state index contributed by atoms with van der Waals surface area (Å²) in [7, 11) is 2.05. The molecule has 0 amide bonds. The lowest BCUT2D eigenvalue weighted by molar-refractivity contribution is -0.134. The van der Waals surface area contributed by atoms with E-state index in [0.29, 0.717) is 12.0 Å². The fourth-order valence-electron chi connectivity index (χ4n) is 2.85. The van der Waals surface area contributed by atoms with Crippen molar-refractivity contribution < 1.29 is 9.47 Å². The molecule has 0 aromatic carbocycles. The minimum absolute atomic E-state index is 0.0167. The third-order valence-electron chi connectivity index (χ3n) is 3.86. The lowest BCUT2D eigenvalue weighted by atomic mass is 9.78. The standard InChI is InChI=1S/C13H27NO2/c1-5-11(3)12(14-4)13(16-6-2)7-9-15-10-8-13/h11-12,14H,5-10H2,1-4H3. The van der Waals surface area contributed by atoms with Crippen LogP contribution in [0.1, 0.15) is 40.0 Å². The molecular formula is C13H27NO2. The van der Waals surface area contributed by atoms with E-state index >= 15 is 0 Å². The molecule has 2 atom stereocenters. The Bertz CT molecular complexity index is 185. The van der Waals surface area contributed by atoms with Gasteiger partial charge in [-0.3, -0.25) is 0 Å². The molecule has 0 bridgehead atoms. The molecule has 3 heteroatoms. The van der Waals surface area contributed by atoms with Crippen molar-refractivity contribution in [2.75, 3.05) is 26.9 Å². The quantitative estimate of drug-likeness (QED) is 0.757. The molecule has 1 aliphatic rings. The van der Waals surface area contributed by atoms with Crippen LogP contribution in [0.3, 0.4) is 0 Å². The van der Waals surface area contributed by atoms with Crippen LogP contribution < -0.4 is 5.32 Å². The highest BCUT2D eigenvalue weighted by molar-refractivity contribution is 4.96. The highest BCUT2D eigenvalue weighted by Crippen LogP contribution is 2.33. The summed E-state index contributed by atoms with van der Waals surface area (Å²) in [6, 6.07) is 0.432. The molecule has 16 heavy (non-hydrogen) atoms. The second-order valence-corrected chi connectivity index (χ2v) is 4.76. The number of hydrogen-bond donors (Lipinski definition) is 1. The molecule has 0 saturated carbocycles. The molecule has 3 nitrogen and oxygen atoms in total. The molecule has 0 aromatic rings. The second-order valence-electron chi connectivity index (χ2n) is 4.76. The Morgan fingerprint density at radius 2 is 1.94 bits per heavy atom. The molecule has 0 radical (unpaired) electrons. The van der Waals surface area contributed by atoms with Crippen LogP contribution in [0.15, 0.2) is 0 Å². The van der Waals surface area contributed by atoms with Gasteiger partial charge >= 0.3 is 0 Å². The Morgan fingerprint density at radius 1 is 1.31 bits per heavy atom. The Labute approximate surface area is 99.9 Å². The first-order chi connectivity index (χ1) is 7.70. The Morgan fingerprint density at radius 3 is 2.38 bits per heavy atom.